The minimum Gasteiger partial charge on any atom is -0.492 e. The molecule has 2 aliphatic rings. The number of carbonyl (C=O) groups is 1. The van der Waals surface area contributed by atoms with Crippen LogP contribution in [0.2, 0.25) is 0 Å². The number of nitrogens with one attached hydrogen (secondary N) is 1. The van der Waals surface area contributed by atoms with Crippen LogP contribution >= 0.6 is 0 Å². The smallest absolute Gasteiger partial charge is 0.264 e. The molecule has 5 rings (SSSR count). The van der Waals surface area contributed by atoms with Gasteiger partial charge in [-0.2, -0.15) is 4.31 Å². The predicted molar refractivity (Wildman–Crippen MR) is 170 cm³/mol. The Morgan fingerprint density at radius 2 is 1.53 bits per heavy atom. The molecule has 3 aromatic carbocycles. The lowest BCUT2D eigenvalue weighted by Gasteiger charge is -2.36. The number of hydrogen-bond donors (Lipinski definition) is 1. The Labute approximate surface area is 265 Å². The van der Waals surface area contributed by atoms with Crippen molar-refractivity contribution in [1.82, 2.24) is 9.62 Å². The lowest BCUT2D eigenvalue weighted by atomic mass is 9.86. The van der Waals surface area contributed by atoms with Gasteiger partial charge in [-0.25, -0.2) is 16.8 Å². The number of amides is 1. The number of aryl methyl sites for hydroxylation is 1. The maximum Gasteiger partial charge on any atom is 0.264 e. The zero-order chi connectivity index (χ0) is 32.4. The molecule has 3 aromatic rings. The Morgan fingerprint density at radius 3 is 2.18 bits per heavy atom. The van der Waals surface area contributed by atoms with E-state index in [0.717, 1.165) is 11.1 Å². The van der Waals surface area contributed by atoms with Gasteiger partial charge in [0, 0.05) is 13.1 Å². The quantitative estimate of drug-likeness (QED) is 0.346. The van der Waals surface area contributed by atoms with E-state index in [2.05, 4.69) is 5.32 Å². The van der Waals surface area contributed by atoms with E-state index < -0.39 is 32.1 Å². The van der Waals surface area contributed by atoms with Gasteiger partial charge < -0.3 is 19.5 Å². The predicted octanol–water partition coefficient (Wildman–Crippen LogP) is 3.46. The van der Waals surface area contributed by atoms with Gasteiger partial charge in [-0.3, -0.25) is 9.10 Å². The van der Waals surface area contributed by atoms with Gasteiger partial charge in [0.1, 0.15) is 18.1 Å². The average molecular weight is 658 g/mol. The van der Waals surface area contributed by atoms with E-state index in [0.29, 0.717) is 43.5 Å². The van der Waals surface area contributed by atoms with E-state index in [1.165, 1.54) is 20.7 Å². The first-order valence-electron chi connectivity index (χ1n) is 14.8. The molecule has 0 aliphatic carbocycles. The number of morpholine rings is 1. The van der Waals surface area contributed by atoms with Gasteiger partial charge >= 0.3 is 0 Å². The summed E-state index contributed by atoms with van der Waals surface area (Å²) in [5, 5.41) is 2.76. The van der Waals surface area contributed by atoms with Crippen molar-refractivity contribution in [3.05, 3.63) is 77.9 Å². The summed E-state index contributed by atoms with van der Waals surface area (Å²) in [6, 6.07) is 18.1. The largest absolute Gasteiger partial charge is 0.492 e. The molecular weight excluding hydrogens is 618 g/mol. The van der Waals surface area contributed by atoms with Gasteiger partial charge in [0.15, 0.2) is 6.10 Å². The third kappa shape index (κ3) is 7.27. The third-order valence-corrected chi connectivity index (χ3v) is 11.4. The summed E-state index contributed by atoms with van der Waals surface area (Å²) in [6.45, 7) is 9.36. The summed E-state index contributed by atoms with van der Waals surface area (Å²) in [7, 11) is -7.62. The highest BCUT2D eigenvalue weighted by Crippen LogP contribution is 2.40. The Bertz CT molecular complexity index is 1730. The minimum atomic E-state index is -4.01. The second-order valence-corrected chi connectivity index (χ2v) is 15.8. The van der Waals surface area contributed by atoms with E-state index in [1.807, 2.05) is 33.8 Å². The van der Waals surface area contributed by atoms with Crippen molar-refractivity contribution in [2.24, 2.45) is 0 Å². The molecule has 0 radical (unpaired) electrons. The number of hydrogen-bond acceptors (Lipinski definition) is 8. The summed E-state index contributed by atoms with van der Waals surface area (Å²) in [6.07, 6.45) is -1.09. The van der Waals surface area contributed by atoms with Crippen molar-refractivity contribution in [2.75, 3.05) is 50.3 Å². The van der Waals surface area contributed by atoms with Crippen LogP contribution < -0.4 is 19.1 Å². The van der Waals surface area contributed by atoms with Crippen LogP contribution in [-0.4, -0.2) is 79.2 Å². The zero-order valence-electron chi connectivity index (χ0n) is 25.9. The van der Waals surface area contributed by atoms with Crippen LogP contribution in [-0.2, 0) is 35.0 Å². The molecule has 0 saturated carbocycles. The van der Waals surface area contributed by atoms with E-state index in [4.69, 9.17) is 14.2 Å². The van der Waals surface area contributed by atoms with Gasteiger partial charge in [0.05, 0.1) is 41.8 Å². The Kier molecular flexibility index (Phi) is 9.45. The molecule has 0 aromatic heterocycles. The maximum atomic E-state index is 13.9. The summed E-state index contributed by atoms with van der Waals surface area (Å²) in [4.78, 5) is 13.5. The van der Waals surface area contributed by atoms with Crippen molar-refractivity contribution in [1.29, 1.82) is 0 Å². The summed E-state index contributed by atoms with van der Waals surface area (Å²) < 4.78 is 73.0. The SMILES string of the molecule is Cc1ccc(S(=O)(=O)N2C[C@H](C(=O)NCCOc3ccc(S(=O)(=O)N4CCOCC4)cc3)Oc3ccc(C(C)(C)C)cc32)cc1. The number of benzene rings is 3. The van der Waals surface area contributed by atoms with Crippen molar-refractivity contribution >= 4 is 31.6 Å². The first kappa shape index (κ1) is 32.7. The highest BCUT2D eigenvalue weighted by Gasteiger charge is 2.38. The molecule has 1 atom stereocenters. The molecule has 2 heterocycles. The standard InChI is InChI=1S/C32H39N3O8S2/c1-23-5-10-27(11-6-23)45(39,40)35-22-30(43-29-14-7-24(21-28(29)35)32(2,3)4)31(36)33-15-18-42-25-8-12-26(13-9-25)44(37,38)34-16-19-41-20-17-34/h5-14,21,30H,15-20,22H2,1-4H3,(H,33,36)/t30-/m1/s1. The van der Waals surface area contributed by atoms with E-state index in [1.54, 1.807) is 48.5 Å². The zero-order valence-corrected chi connectivity index (χ0v) is 27.5. The topological polar surface area (TPSA) is 132 Å². The summed E-state index contributed by atoms with van der Waals surface area (Å²) >= 11 is 0. The van der Waals surface area contributed by atoms with Gasteiger partial charge in [-0.1, -0.05) is 44.5 Å². The van der Waals surface area contributed by atoms with Gasteiger partial charge in [0.2, 0.25) is 10.0 Å². The van der Waals surface area contributed by atoms with E-state index in [9.17, 15) is 21.6 Å². The number of sulfonamides is 2. The Balaban J connectivity index is 1.24. The first-order chi connectivity index (χ1) is 21.3. The molecule has 0 bridgehead atoms. The van der Waals surface area contributed by atoms with E-state index >= 15 is 0 Å². The Morgan fingerprint density at radius 1 is 0.911 bits per heavy atom. The summed E-state index contributed by atoms with van der Waals surface area (Å²) in [5.74, 6) is 0.256. The molecule has 1 saturated heterocycles. The lowest BCUT2D eigenvalue weighted by Crippen LogP contribution is -2.51. The number of anilines is 1. The summed E-state index contributed by atoms with van der Waals surface area (Å²) in [5.41, 5.74) is 2.01. The first-order valence-corrected chi connectivity index (χ1v) is 17.6. The second kappa shape index (κ2) is 13.0. The molecule has 1 fully saturated rings. The normalized spacial score (nSPS) is 17.7. The third-order valence-electron chi connectivity index (χ3n) is 7.70. The number of rotatable bonds is 9. The van der Waals surface area contributed by atoms with Gasteiger partial charge in [-0.05, 0) is 66.4 Å². The highest BCUT2D eigenvalue weighted by atomic mass is 32.2. The van der Waals surface area contributed by atoms with E-state index in [-0.39, 0.29) is 34.9 Å². The van der Waals surface area contributed by atoms with Crippen LogP contribution in [0.3, 0.4) is 0 Å². The fraction of sp³-hybridized carbons (Fsp3) is 0.406. The van der Waals surface area contributed by atoms with Crippen molar-refractivity contribution in [2.45, 2.75) is 49.0 Å². The molecule has 1 amide bonds. The fourth-order valence-corrected chi connectivity index (χ4v) is 7.90. The molecule has 0 unspecified atom stereocenters. The highest BCUT2D eigenvalue weighted by molar-refractivity contribution is 7.92. The van der Waals surface area contributed by atoms with Crippen LogP contribution in [0.1, 0.15) is 31.9 Å². The number of ether oxygens (including phenoxy) is 3. The number of carbonyl (C=O) groups excluding carboxylic acids is 1. The lowest BCUT2D eigenvalue weighted by molar-refractivity contribution is -0.127. The van der Waals surface area contributed by atoms with Crippen LogP contribution in [0, 0.1) is 6.92 Å². The molecule has 2 aliphatic heterocycles. The van der Waals surface area contributed by atoms with Crippen molar-refractivity contribution < 1.29 is 35.8 Å². The van der Waals surface area contributed by atoms with Crippen LogP contribution in [0.4, 0.5) is 5.69 Å². The monoisotopic (exact) mass is 657 g/mol. The number of fused-ring (bicyclic) bond motifs is 1. The fourth-order valence-electron chi connectivity index (χ4n) is 5.02. The maximum absolute atomic E-state index is 13.9. The van der Waals surface area contributed by atoms with Crippen LogP contribution in [0.15, 0.2) is 76.5 Å². The molecule has 242 valence electrons. The van der Waals surface area contributed by atoms with Crippen molar-refractivity contribution in [3.63, 3.8) is 0 Å². The second-order valence-electron chi connectivity index (χ2n) is 12.0. The molecule has 1 N–H and O–H groups in total. The van der Waals surface area contributed by atoms with Crippen molar-refractivity contribution in [3.8, 4) is 11.5 Å². The molecular formula is C32H39N3O8S2. The average Bonchev–Trinajstić information content (AvgIpc) is 3.02. The van der Waals surface area contributed by atoms with Crippen LogP contribution in [0.25, 0.3) is 0 Å². The molecule has 0 spiro atoms. The van der Waals surface area contributed by atoms with Gasteiger partial charge in [0.25, 0.3) is 15.9 Å². The van der Waals surface area contributed by atoms with Gasteiger partial charge in [-0.15, -0.1) is 0 Å². The number of nitrogens with zero attached hydrogens (tertiary/aromatic N) is 2. The molecule has 11 nitrogen and oxygen atoms in total. The molecule has 13 heteroatoms. The molecule has 45 heavy (non-hydrogen) atoms. The minimum absolute atomic E-state index is 0.102. The van der Waals surface area contributed by atoms with Crippen LogP contribution in [0.5, 0.6) is 11.5 Å². The Hall–Kier alpha value is -3.65.